The zero-order valence-electron chi connectivity index (χ0n) is 20.3. The Morgan fingerprint density at radius 1 is 1.23 bits per heavy atom. The average molecular weight is 553 g/mol. The molecule has 182 valence electrons. The predicted octanol–water partition coefficient (Wildman–Crippen LogP) is 4.13. The van der Waals surface area contributed by atoms with Gasteiger partial charge >= 0.3 is 6.09 Å². The predicted molar refractivity (Wildman–Crippen MR) is 137 cm³/mol. The maximum absolute atomic E-state index is 12.7. The summed E-state index contributed by atoms with van der Waals surface area (Å²) in [5.74, 6) is 1.84. The number of halogens is 1. The van der Waals surface area contributed by atoms with E-state index in [4.69, 9.17) is 9.73 Å². The van der Waals surface area contributed by atoms with E-state index in [1.165, 1.54) is 0 Å². The number of rotatable bonds is 8. The molecule has 8 heteroatoms. The average Bonchev–Trinajstić information content (AvgIpc) is 2.89. The Balaban J connectivity index is 0.00000480. The van der Waals surface area contributed by atoms with Crippen molar-refractivity contribution in [1.29, 1.82) is 0 Å². The van der Waals surface area contributed by atoms with Crippen molar-refractivity contribution in [3.05, 3.63) is 0 Å². The third-order valence-corrected chi connectivity index (χ3v) is 5.87. The molecule has 3 unspecified atom stereocenters. The quantitative estimate of drug-likeness (QED) is 0.240. The normalized spacial score (nSPS) is 24.6. The number of aliphatic imine (C=N–C) groups is 1. The molecule has 0 aromatic carbocycles. The smallest absolute Gasteiger partial charge is 0.410 e. The Hall–Kier alpha value is -0.770. The molecule has 7 nitrogen and oxygen atoms in total. The van der Waals surface area contributed by atoms with Crippen molar-refractivity contribution < 1.29 is 14.6 Å². The van der Waals surface area contributed by atoms with Crippen molar-refractivity contribution >= 4 is 36.0 Å². The molecule has 2 heterocycles. The highest BCUT2D eigenvalue weighted by Crippen LogP contribution is 2.36. The SMILES string of the molecule is CCNC(=NCC(CCO)CC(C)C)NC1CC2CCC(C1)N2C(=O)OC(C)(C)C.I. The monoisotopic (exact) mass is 552 g/mol. The maximum atomic E-state index is 12.7. The number of ether oxygens (including phenoxy) is 1. The van der Waals surface area contributed by atoms with E-state index in [0.29, 0.717) is 17.9 Å². The van der Waals surface area contributed by atoms with E-state index in [1.807, 2.05) is 25.7 Å². The van der Waals surface area contributed by atoms with Crippen LogP contribution in [0.25, 0.3) is 0 Å². The lowest BCUT2D eigenvalue weighted by molar-refractivity contribution is 0.00544. The number of carbonyl (C=O) groups excluding carboxylic acids is 1. The molecule has 0 radical (unpaired) electrons. The van der Waals surface area contributed by atoms with Crippen LogP contribution in [0.15, 0.2) is 4.99 Å². The second-order valence-electron chi connectivity index (χ2n) is 10.3. The van der Waals surface area contributed by atoms with Gasteiger partial charge in [-0.2, -0.15) is 0 Å². The second kappa shape index (κ2) is 13.1. The van der Waals surface area contributed by atoms with Crippen LogP contribution in [0.3, 0.4) is 0 Å². The summed E-state index contributed by atoms with van der Waals surface area (Å²) in [6.07, 6.45) is 5.63. The third-order valence-electron chi connectivity index (χ3n) is 5.87. The van der Waals surface area contributed by atoms with Crippen molar-refractivity contribution in [3.63, 3.8) is 0 Å². The number of aliphatic hydroxyl groups is 1. The van der Waals surface area contributed by atoms with Gasteiger partial charge in [-0.1, -0.05) is 13.8 Å². The van der Waals surface area contributed by atoms with Crippen LogP contribution in [0.2, 0.25) is 0 Å². The Kier molecular flexibility index (Phi) is 11.9. The van der Waals surface area contributed by atoms with Crippen LogP contribution in [-0.4, -0.2) is 65.5 Å². The maximum Gasteiger partial charge on any atom is 0.410 e. The first kappa shape index (κ1) is 28.3. The lowest BCUT2D eigenvalue weighted by Crippen LogP contribution is -2.55. The van der Waals surface area contributed by atoms with Crippen molar-refractivity contribution in [2.24, 2.45) is 16.8 Å². The molecule has 2 fully saturated rings. The number of fused-ring (bicyclic) bond motifs is 2. The van der Waals surface area contributed by atoms with E-state index in [0.717, 1.165) is 57.6 Å². The van der Waals surface area contributed by atoms with Crippen molar-refractivity contribution in [1.82, 2.24) is 15.5 Å². The van der Waals surface area contributed by atoms with Gasteiger partial charge in [0.25, 0.3) is 0 Å². The minimum Gasteiger partial charge on any atom is -0.444 e. The topological polar surface area (TPSA) is 86.2 Å². The van der Waals surface area contributed by atoms with Gasteiger partial charge in [0.15, 0.2) is 5.96 Å². The van der Waals surface area contributed by atoms with E-state index >= 15 is 0 Å². The highest BCUT2D eigenvalue weighted by Gasteiger charge is 2.45. The van der Waals surface area contributed by atoms with Crippen molar-refractivity contribution in [3.8, 4) is 0 Å². The van der Waals surface area contributed by atoms with E-state index in [9.17, 15) is 9.90 Å². The zero-order valence-corrected chi connectivity index (χ0v) is 22.6. The Morgan fingerprint density at radius 3 is 2.32 bits per heavy atom. The molecule has 2 aliphatic heterocycles. The minimum absolute atomic E-state index is 0. The first-order valence-corrected chi connectivity index (χ1v) is 11.8. The third kappa shape index (κ3) is 9.32. The van der Waals surface area contributed by atoms with Crippen LogP contribution in [0.1, 0.15) is 80.1 Å². The van der Waals surface area contributed by atoms with E-state index < -0.39 is 5.60 Å². The van der Waals surface area contributed by atoms with Gasteiger partial charge in [0.1, 0.15) is 5.60 Å². The number of nitrogens with one attached hydrogen (secondary N) is 2. The number of aliphatic hydroxyl groups excluding tert-OH is 1. The Bertz CT molecular complexity index is 566. The highest BCUT2D eigenvalue weighted by atomic mass is 127. The summed E-state index contributed by atoms with van der Waals surface area (Å²) in [6, 6.07) is 0.782. The van der Waals surface area contributed by atoms with Crippen molar-refractivity contribution in [2.75, 3.05) is 19.7 Å². The highest BCUT2D eigenvalue weighted by molar-refractivity contribution is 14.0. The lowest BCUT2D eigenvalue weighted by atomic mass is 9.94. The first-order valence-electron chi connectivity index (χ1n) is 11.8. The summed E-state index contributed by atoms with van der Waals surface area (Å²) < 4.78 is 5.64. The number of hydrogen-bond acceptors (Lipinski definition) is 4. The molecule has 0 spiro atoms. The molecule has 2 bridgehead atoms. The van der Waals surface area contributed by atoms with E-state index in [2.05, 4.69) is 31.4 Å². The minimum atomic E-state index is -0.461. The van der Waals surface area contributed by atoms with Gasteiger partial charge in [-0.05, 0) is 78.1 Å². The lowest BCUT2D eigenvalue weighted by Gasteiger charge is -2.40. The molecule has 0 saturated carbocycles. The fourth-order valence-electron chi connectivity index (χ4n) is 4.77. The van der Waals surface area contributed by atoms with Gasteiger partial charge in [0.05, 0.1) is 0 Å². The molecule has 2 saturated heterocycles. The molecule has 31 heavy (non-hydrogen) atoms. The van der Waals surface area contributed by atoms with E-state index in [1.54, 1.807) is 0 Å². The zero-order chi connectivity index (χ0) is 22.3. The number of piperidine rings is 1. The van der Waals surface area contributed by atoms with Gasteiger partial charge in [-0.3, -0.25) is 4.99 Å². The van der Waals surface area contributed by atoms with Crippen LogP contribution in [0.4, 0.5) is 4.79 Å². The molecule has 0 aromatic heterocycles. The summed E-state index contributed by atoms with van der Waals surface area (Å²) in [5, 5.41) is 16.3. The number of amides is 1. The molecule has 0 aliphatic carbocycles. The van der Waals surface area contributed by atoms with Gasteiger partial charge < -0.3 is 25.4 Å². The standard InChI is InChI=1S/C23H44N4O3.HI/c1-7-24-21(25-15-17(10-11-28)12-16(2)3)26-18-13-19-8-9-20(14-18)27(19)22(29)30-23(4,5)6;/h16-20,28H,7-15H2,1-6H3,(H2,24,25,26);1H. The Labute approximate surface area is 206 Å². The number of nitrogens with zero attached hydrogens (tertiary/aromatic N) is 2. The summed E-state index contributed by atoms with van der Waals surface area (Å²) in [5.41, 5.74) is -0.461. The Morgan fingerprint density at radius 2 is 1.84 bits per heavy atom. The molecular formula is C23H45IN4O3. The molecule has 3 N–H and O–H groups in total. The van der Waals surface area contributed by atoms with Gasteiger partial charge in [0, 0.05) is 37.8 Å². The molecule has 2 rings (SSSR count). The fraction of sp³-hybridized carbons (Fsp3) is 0.913. The molecule has 2 aliphatic rings. The summed E-state index contributed by atoms with van der Waals surface area (Å²) in [6.45, 7) is 14.0. The fourth-order valence-corrected chi connectivity index (χ4v) is 4.77. The number of hydrogen-bond donors (Lipinski definition) is 3. The van der Waals surface area contributed by atoms with E-state index in [-0.39, 0.29) is 48.8 Å². The summed E-state index contributed by atoms with van der Waals surface area (Å²) in [4.78, 5) is 19.5. The van der Waals surface area contributed by atoms with Crippen LogP contribution in [0.5, 0.6) is 0 Å². The largest absolute Gasteiger partial charge is 0.444 e. The number of carbonyl (C=O) groups is 1. The second-order valence-corrected chi connectivity index (χ2v) is 10.3. The molecule has 3 atom stereocenters. The van der Waals surface area contributed by atoms with Crippen LogP contribution in [-0.2, 0) is 4.74 Å². The molecule has 0 aromatic rings. The van der Waals surface area contributed by atoms with Gasteiger partial charge in [0.2, 0.25) is 0 Å². The van der Waals surface area contributed by atoms with Gasteiger partial charge in [-0.25, -0.2) is 4.79 Å². The van der Waals surface area contributed by atoms with Crippen molar-refractivity contribution in [2.45, 2.75) is 104 Å². The number of guanidine groups is 1. The summed E-state index contributed by atoms with van der Waals surface area (Å²) in [7, 11) is 0. The van der Waals surface area contributed by atoms with Gasteiger partial charge in [-0.15, -0.1) is 24.0 Å². The van der Waals surface area contributed by atoms with Crippen LogP contribution in [0, 0.1) is 11.8 Å². The molecule has 1 amide bonds. The van der Waals surface area contributed by atoms with Crippen LogP contribution >= 0.6 is 24.0 Å². The molecular weight excluding hydrogens is 507 g/mol. The van der Waals surface area contributed by atoms with Crippen LogP contribution < -0.4 is 10.6 Å². The first-order chi connectivity index (χ1) is 14.1. The summed E-state index contributed by atoms with van der Waals surface area (Å²) >= 11 is 0.